The largest absolute Gasteiger partial charge is 0.357 e. The van der Waals surface area contributed by atoms with Crippen LogP contribution >= 0.6 is 11.8 Å². The highest BCUT2D eigenvalue weighted by Crippen LogP contribution is 2.28. The summed E-state index contributed by atoms with van der Waals surface area (Å²) in [5.74, 6) is 0.523. The van der Waals surface area contributed by atoms with E-state index in [0.717, 1.165) is 16.2 Å². The fourth-order valence-corrected chi connectivity index (χ4v) is 2.41. The van der Waals surface area contributed by atoms with E-state index in [4.69, 9.17) is 0 Å². The number of aryl methyl sites for hydroxylation is 1. The Balaban J connectivity index is 2.06. The SMILES string of the molecule is CNc1nc(Sc2nccc(C)n2)c2[nH]cnc2n1. The van der Waals surface area contributed by atoms with Crippen LogP contribution in [0.4, 0.5) is 5.95 Å². The first kappa shape index (κ1) is 11.8. The van der Waals surface area contributed by atoms with Crippen LogP contribution in [-0.2, 0) is 0 Å². The molecule has 0 aliphatic carbocycles. The van der Waals surface area contributed by atoms with Crippen molar-refractivity contribution in [2.24, 2.45) is 0 Å². The molecule has 0 radical (unpaired) electrons. The quantitative estimate of drug-likeness (QED) is 0.553. The van der Waals surface area contributed by atoms with Crippen molar-refractivity contribution in [1.29, 1.82) is 0 Å². The van der Waals surface area contributed by atoms with Gasteiger partial charge in [0.25, 0.3) is 0 Å². The molecule has 7 nitrogen and oxygen atoms in total. The van der Waals surface area contributed by atoms with Gasteiger partial charge in [-0.15, -0.1) is 0 Å². The topological polar surface area (TPSA) is 92.3 Å². The van der Waals surface area contributed by atoms with Gasteiger partial charge in [-0.2, -0.15) is 4.98 Å². The number of rotatable bonds is 3. The molecule has 0 bridgehead atoms. The Labute approximate surface area is 113 Å². The molecule has 0 saturated heterocycles. The molecule has 0 fully saturated rings. The third-order valence-corrected chi connectivity index (χ3v) is 3.30. The molecule has 3 aromatic rings. The Morgan fingerprint density at radius 1 is 1.21 bits per heavy atom. The number of hydrogen-bond donors (Lipinski definition) is 2. The first-order valence-corrected chi connectivity index (χ1v) is 6.44. The van der Waals surface area contributed by atoms with Crippen LogP contribution in [0.25, 0.3) is 11.2 Å². The molecule has 0 aliphatic rings. The maximum atomic E-state index is 4.41. The normalized spacial score (nSPS) is 10.8. The molecule has 0 atom stereocenters. The van der Waals surface area contributed by atoms with Crippen molar-refractivity contribution in [3.05, 3.63) is 24.3 Å². The van der Waals surface area contributed by atoms with Gasteiger partial charge in [-0.1, -0.05) is 0 Å². The zero-order chi connectivity index (χ0) is 13.2. The fourth-order valence-electron chi connectivity index (χ4n) is 1.55. The molecule has 0 aliphatic heterocycles. The summed E-state index contributed by atoms with van der Waals surface area (Å²) < 4.78 is 0. The standard InChI is InChI=1S/C11H11N7S/c1-6-3-4-13-11(16-6)19-9-7-8(15-5-14-7)17-10(12-2)18-9/h3-5H,1-2H3,(H2,12,14,15,17,18). The van der Waals surface area contributed by atoms with Gasteiger partial charge in [-0.3, -0.25) is 0 Å². The molecule has 96 valence electrons. The Morgan fingerprint density at radius 2 is 2.11 bits per heavy atom. The Morgan fingerprint density at radius 3 is 2.89 bits per heavy atom. The molecule has 0 aromatic carbocycles. The van der Waals surface area contributed by atoms with Crippen LogP contribution in [-0.4, -0.2) is 37.0 Å². The predicted molar refractivity (Wildman–Crippen MR) is 72.1 cm³/mol. The van der Waals surface area contributed by atoms with E-state index < -0.39 is 0 Å². The van der Waals surface area contributed by atoms with E-state index in [0.29, 0.717) is 16.8 Å². The summed E-state index contributed by atoms with van der Waals surface area (Å²) in [6.45, 7) is 1.93. The number of H-pyrrole nitrogens is 1. The van der Waals surface area contributed by atoms with E-state index in [-0.39, 0.29) is 0 Å². The highest BCUT2D eigenvalue weighted by atomic mass is 32.2. The van der Waals surface area contributed by atoms with Crippen molar-refractivity contribution < 1.29 is 0 Å². The van der Waals surface area contributed by atoms with Gasteiger partial charge in [0.2, 0.25) is 5.95 Å². The molecule has 3 rings (SSSR count). The van der Waals surface area contributed by atoms with Crippen molar-refractivity contribution in [1.82, 2.24) is 29.9 Å². The minimum Gasteiger partial charge on any atom is -0.357 e. The number of aromatic nitrogens is 6. The Hall–Kier alpha value is -2.22. The van der Waals surface area contributed by atoms with Crippen LogP contribution < -0.4 is 5.32 Å². The molecule has 0 amide bonds. The molecule has 0 unspecified atom stereocenters. The molecule has 3 aromatic heterocycles. The second-order valence-corrected chi connectivity index (χ2v) is 4.74. The lowest BCUT2D eigenvalue weighted by atomic mass is 10.5. The number of hydrogen-bond acceptors (Lipinski definition) is 7. The first-order valence-electron chi connectivity index (χ1n) is 5.62. The van der Waals surface area contributed by atoms with Gasteiger partial charge >= 0.3 is 0 Å². The molecular formula is C11H11N7S. The highest BCUT2D eigenvalue weighted by Gasteiger charge is 2.12. The summed E-state index contributed by atoms with van der Waals surface area (Å²) in [6.07, 6.45) is 3.33. The van der Waals surface area contributed by atoms with Crippen LogP contribution in [0.5, 0.6) is 0 Å². The number of anilines is 1. The summed E-state index contributed by atoms with van der Waals surface area (Å²) in [5.41, 5.74) is 2.32. The number of fused-ring (bicyclic) bond motifs is 1. The third-order valence-electron chi connectivity index (χ3n) is 2.44. The molecule has 19 heavy (non-hydrogen) atoms. The van der Waals surface area contributed by atoms with Crippen molar-refractivity contribution in [3.8, 4) is 0 Å². The zero-order valence-electron chi connectivity index (χ0n) is 10.4. The first-order chi connectivity index (χ1) is 9.26. The van der Waals surface area contributed by atoms with E-state index in [1.165, 1.54) is 11.8 Å². The van der Waals surface area contributed by atoms with Gasteiger partial charge in [-0.25, -0.2) is 19.9 Å². The molecule has 8 heteroatoms. The Kier molecular flexibility index (Phi) is 3.00. The van der Waals surface area contributed by atoms with Crippen LogP contribution in [0.1, 0.15) is 5.69 Å². The summed E-state index contributed by atoms with van der Waals surface area (Å²) >= 11 is 1.38. The second-order valence-electron chi connectivity index (χ2n) is 3.79. The van der Waals surface area contributed by atoms with E-state index in [1.54, 1.807) is 19.6 Å². The van der Waals surface area contributed by atoms with Gasteiger partial charge in [0.05, 0.1) is 6.33 Å². The number of nitrogens with one attached hydrogen (secondary N) is 2. The van der Waals surface area contributed by atoms with Crippen molar-refractivity contribution >= 4 is 28.9 Å². The number of imidazole rings is 1. The summed E-state index contributed by atoms with van der Waals surface area (Å²) in [6, 6.07) is 1.86. The van der Waals surface area contributed by atoms with E-state index in [1.807, 2.05) is 13.0 Å². The summed E-state index contributed by atoms with van der Waals surface area (Å²) in [5, 5.41) is 4.31. The lowest BCUT2D eigenvalue weighted by Crippen LogP contribution is -1.99. The minimum atomic E-state index is 0.523. The van der Waals surface area contributed by atoms with Gasteiger partial charge < -0.3 is 10.3 Å². The monoisotopic (exact) mass is 273 g/mol. The molecular weight excluding hydrogens is 262 g/mol. The second kappa shape index (κ2) is 4.81. The number of aromatic amines is 1. The van der Waals surface area contributed by atoms with Crippen molar-refractivity contribution in [2.75, 3.05) is 12.4 Å². The van der Waals surface area contributed by atoms with E-state index in [2.05, 4.69) is 35.2 Å². The fraction of sp³-hybridized carbons (Fsp3) is 0.182. The van der Waals surface area contributed by atoms with Gasteiger partial charge in [0, 0.05) is 18.9 Å². The third kappa shape index (κ3) is 2.34. The highest BCUT2D eigenvalue weighted by molar-refractivity contribution is 7.99. The summed E-state index contributed by atoms with van der Waals surface area (Å²) in [4.78, 5) is 24.4. The van der Waals surface area contributed by atoms with Crippen molar-refractivity contribution in [3.63, 3.8) is 0 Å². The zero-order valence-corrected chi connectivity index (χ0v) is 11.2. The van der Waals surface area contributed by atoms with Crippen LogP contribution in [0.3, 0.4) is 0 Å². The lowest BCUT2D eigenvalue weighted by molar-refractivity contribution is 0.928. The maximum absolute atomic E-state index is 4.41. The van der Waals surface area contributed by atoms with Gasteiger partial charge in [-0.05, 0) is 24.8 Å². The van der Waals surface area contributed by atoms with Gasteiger partial charge in [0.15, 0.2) is 10.8 Å². The Bertz CT molecular complexity index is 724. The van der Waals surface area contributed by atoms with Crippen LogP contribution in [0.2, 0.25) is 0 Å². The van der Waals surface area contributed by atoms with Crippen LogP contribution in [0.15, 0.2) is 28.8 Å². The molecule has 0 spiro atoms. The molecule has 0 saturated carbocycles. The molecule has 2 N–H and O–H groups in total. The van der Waals surface area contributed by atoms with E-state index >= 15 is 0 Å². The summed E-state index contributed by atoms with van der Waals surface area (Å²) in [7, 11) is 1.77. The maximum Gasteiger partial charge on any atom is 0.225 e. The molecule has 3 heterocycles. The average Bonchev–Trinajstić information content (AvgIpc) is 2.87. The smallest absolute Gasteiger partial charge is 0.225 e. The van der Waals surface area contributed by atoms with Crippen molar-refractivity contribution in [2.45, 2.75) is 17.1 Å². The number of nitrogens with zero attached hydrogens (tertiary/aromatic N) is 5. The van der Waals surface area contributed by atoms with Crippen LogP contribution in [0, 0.1) is 6.92 Å². The average molecular weight is 273 g/mol. The van der Waals surface area contributed by atoms with Gasteiger partial charge in [0.1, 0.15) is 10.5 Å². The lowest BCUT2D eigenvalue weighted by Gasteiger charge is -2.04. The minimum absolute atomic E-state index is 0.523. The van der Waals surface area contributed by atoms with E-state index in [9.17, 15) is 0 Å². The predicted octanol–water partition coefficient (Wildman–Crippen LogP) is 1.64.